The van der Waals surface area contributed by atoms with Crippen molar-refractivity contribution in [2.24, 2.45) is 0 Å². The van der Waals surface area contributed by atoms with E-state index >= 15 is 0 Å². The summed E-state index contributed by atoms with van der Waals surface area (Å²) < 4.78 is 0. The Bertz CT molecular complexity index is 843. The molecule has 0 aliphatic rings. The minimum Gasteiger partial charge on any atom is -0.291 e. The lowest BCUT2D eigenvalue weighted by atomic mass is 10.2. The van der Waals surface area contributed by atoms with E-state index in [1.165, 1.54) is 0 Å². The Balaban J connectivity index is 1.80. The van der Waals surface area contributed by atoms with Crippen molar-refractivity contribution in [2.75, 3.05) is 5.43 Å². The Kier molecular flexibility index (Phi) is 3.34. The van der Waals surface area contributed by atoms with Crippen LogP contribution in [0.5, 0.6) is 0 Å². The number of para-hydroxylation sites is 1. The van der Waals surface area contributed by atoms with Crippen molar-refractivity contribution in [1.29, 1.82) is 0 Å². The van der Waals surface area contributed by atoms with Gasteiger partial charge in [-0.25, -0.2) is 4.98 Å². The molecule has 6 nitrogen and oxygen atoms in total. The minimum absolute atomic E-state index is 0.183. The first-order valence-electron chi connectivity index (χ1n) is 6.34. The number of hydrogen-bond acceptors (Lipinski definition) is 4. The standard InChI is InChI=1S/C15H12N4O2/c20-13(10-6-2-1-3-7-10)18-19-15-16-12-9-5-4-8-11(12)14(21)17-15/h1-9H,(H,18,20)(H2,16,17,19,21). The third-order valence-electron chi connectivity index (χ3n) is 2.94. The summed E-state index contributed by atoms with van der Waals surface area (Å²) >= 11 is 0. The molecule has 0 fully saturated rings. The minimum atomic E-state index is -0.314. The van der Waals surface area contributed by atoms with E-state index in [1.54, 1.807) is 48.5 Å². The van der Waals surface area contributed by atoms with E-state index in [2.05, 4.69) is 20.8 Å². The zero-order valence-corrected chi connectivity index (χ0v) is 11.0. The maximum Gasteiger partial charge on any atom is 0.269 e. The highest BCUT2D eigenvalue weighted by Gasteiger charge is 2.06. The molecule has 3 N–H and O–H groups in total. The van der Waals surface area contributed by atoms with Crippen LogP contribution in [0.4, 0.5) is 5.95 Å². The number of fused-ring (bicyclic) bond motifs is 1. The van der Waals surface area contributed by atoms with Gasteiger partial charge in [0.15, 0.2) is 0 Å². The molecule has 0 aliphatic carbocycles. The quantitative estimate of drug-likeness (QED) is 0.637. The summed E-state index contributed by atoms with van der Waals surface area (Å²) in [6.45, 7) is 0. The second-order valence-electron chi connectivity index (χ2n) is 4.38. The van der Waals surface area contributed by atoms with Gasteiger partial charge in [0.05, 0.1) is 10.9 Å². The third-order valence-corrected chi connectivity index (χ3v) is 2.94. The smallest absolute Gasteiger partial charge is 0.269 e. The van der Waals surface area contributed by atoms with Crippen molar-refractivity contribution in [3.8, 4) is 0 Å². The Morgan fingerprint density at radius 3 is 2.52 bits per heavy atom. The first-order valence-corrected chi connectivity index (χ1v) is 6.34. The summed E-state index contributed by atoms with van der Waals surface area (Å²) in [6, 6.07) is 15.7. The topological polar surface area (TPSA) is 86.9 Å². The summed E-state index contributed by atoms with van der Waals surface area (Å²) in [7, 11) is 0. The average Bonchev–Trinajstić information content (AvgIpc) is 2.53. The molecule has 3 aromatic rings. The molecule has 0 aliphatic heterocycles. The highest BCUT2D eigenvalue weighted by molar-refractivity contribution is 5.94. The van der Waals surface area contributed by atoms with E-state index in [9.17, 15) is 9.59 Å². The van der Waals surface area contributed by atoms with Crippen LogP contribution in [0.3, 0.4) is 0 Å². The van der Waals surface area contributed by atoms with Crippen molar-refractivity contribution < 1.29 is 4.79 Å². The summed E-state index contributed by atoms with van der Waals surface area (Å²) in [6.07, 6.45) is 0. The Labute approximate surface area is 119 Å². The highest BCUT2D eigenvalue weighted by atomic mass is 16.2. The van der Waals surface area contributed by atoms with Crippen LogP contribution in [0.25, 0.3) is 10.9 Å². The molecule has 0 saturated carbocycles. The molecule has 3 rings (SSSR count). The first-order chi connectivity index (χ1) is 10.2. The number of carbonyl (C=O) groups is 1. The van der Waals surface area contributed by atoms with Gasteiger partial charge in [-0.1, -0.05) is 30.3 Å². The fourth-order valence-corrected chi connectivity index (χ4v) is 1.92. The number of hydrogen-bond donors (Lipinski definition) is 3. The molecule has 2 aromatic carbocycles. The van der Waals surface area contributed by atoms with Crippen molar-refractivity contribution >= 4 is 22.8 Å². The van der Waals surface area contributed by atoms with Gasteiger partial charge in [-0.3, -0.25) is 25.4 Å². The number of rotatable bonds is 3. The monoisotopic (exact) mass is 280 g/mol. The summed E-state index contributed by atoms with van der Waals surface area (Å²) in [5.74, 6) is -0.130. The molecular formula is C15H12N4O2. The summed E-state index contributed by atoms with van der Waals surface area (Å²) in [5.41, 5.74) is 5.89. The maximum absolute atomic E-state index is 11.9. The van der Waals surface area contributed by atoms with Crippen LogP contribution in [0, 0.1) is 0 Å². The van der Waals surface area contributed by atoms with E-state index in [1.807, 2.05) is 6.07 Å². The van der Waals surface area contributed by atoms with Crippen molar-refractivity contribution in [3.05, 3.63) is 70.5 Å². The normalized spacial score (nSPS) is 10.3. The predicted octanol–water partition coefficient (Wildman–Crippen LogP) is 1.68. The number of benzene rings is 2. The molecule has 0 atom stereocenters. The van der Waals surface area contributed by atoms with Crippen molar-refractivity contribution in [2.45, 2.75) is 0 Å². The lowest BCUT2D eigenvalue weighted by molar-refractivity contribution is 0.0962. The average molecular weight is 280 g/mol. The molecule has 0 spiro atoms. The molecule has 6 heteroatoms. The molecule has 21 heavy (non-hydrogen) atoms. The number of hydrazine groups is 1. The predicted molar refractivity (Wildman–Crippen MR) is 79.9 cm³/mol. The molecule has 1 heterocycles. The van der Waals surface area contributed by atoms with Gasteiger partial charge in [-0.15, -0.1) is 0 Å². The number of anilines is 1. The number of amides is 1. The lowest BCUT2D eigenvalue weighted by Gasteiger charge is -2.08. The summed E-state index contributed by atoms with van der Waals surface area (Å²) in [4.78, 5) is 30.5. The van der Waals surface area contributed by atoms with Crippen LogP contribution in [-0.2, 0) is 0 Å². The Hall–Kier alpha value is -3.15. The van der Waals surface area contributed by atoms with Gasteiger partial charge in [-0.2, -0.15) is 0 Å². The van der Waals surface area contributed by atoms with Crippen LogP contribution < -0.4 is 16.4 Å². The molecule has 0 unspecified atom stereocenters. The third kappa shape index (κ3) is 2.74. The number of aromatic nitrogens is 2. The largest absolute Gasteiger partial charge is 0.291 e. The number of H-pyrrole nitrogens is 1. The highest BCUT2D eigenvalue weighted by Crippen LogP contribution is 2.07. The van der Waals surface area contributed by atoms with Gasteiger partial charge in [0.25, 0.3) is 11.5 Å². The number of nitrogens with one attached hydrogen (secondary N) is 3. The summed E-state index contributed by atoms with van der Waals surface area (Å²) in [5, 5.41) is 0.498. The SMILES string of the molecule is O=C(NNc1nc2ccccc2c(=O)[nH]1)c1ccccc1. The second-order valence-corrected chi connectivity index (χ2v) is 4.38. The van der Waals surface area contributed by atoms with Gasteiger partial charge in [-0.05, 0) is 24.3 Å². The van der Waals surface area contributed by atoms with Crippen LogP contribution in [0.1, 0.15) is 10.4 Å². The van der Waals surface area contributed by atoms with E-state index in [0.29, 0.717) is 16.5 Å². The van der Waals surface area contributed by atoms with Crippen molar-refractivity contribution in [3.63, 3.8) is 0 Å². The lowest BCUT2D eigenvalue weighted by Crippen LogP contribution is -2.31. The molecule has 1 aromatic heterocycles. The first kappa shape index (κ1) is 12.9. The fourth-order valence-electron chi connectivity index (χ4n) is 1.92. The zero-order chi connectivity index (χ0) is 14.7. The van der Waals surface area contributed by atoms with Gasteiger partial charge < -0.3 is 0 Å². The molecule has 1 amide bonds. The molecule has 0 radical (unpaired) electrons. The van der Waals surface area contributed by atoms with E-state index < -0.39 is 0 Å². The van der Waals surface area contributed by atoms with Crippen LogP contribution in [0.2, 0.25) is 0 Å². The van der Waals surface area contributed by atoms with E-state index in [4.69, 9.17) is 0 Å². The van der Waals surface area contributed by atoms with Gasteiger partial charge in [0.2, 0.25) is 5.95 Å². The fraction of sp³-hybridized carbons (Fsp3) is 0. The number of nitrogens with zero attached hydrogens (tertiary/aromatic N) is 1. The number of carbonyl (C=O) groups excluding carboxylic acids is 1. The van der Waals surface area contributed by atoms with Gasteiger partial charge in [0, 0.05) is 5.56 Å². The Morgan fingerprint density at radius 1 is 1.00 bits per heavy atom. The van der Waals surface area contributed by atoms with Crippen LogP contribution >= 0.6 is 0 Å². The Morgan fingerprint density at radius 2 is 1.71 bits per heavy atom. The van der Waals surface area contributed by atoms with E-state index in [-0.39, 0.29) is 17.4 Å². The maximum atomic E-state index is 11.9. The second kappa shape index (κ2) is 5.46. The van der Waals surface area contributed by atoms with Crippen LogP contribution in [0.15, 0.2) is 59.4 Å². The number of aromatic amines is 1. The van der Waals surface area contributed by atoms with Gasteiger partial charge >= 0.3 is 0 Å². The van der Waals surface area contributed by atoms with Gasteiger partial charge in [0.1, 0.15) is 0 Å². The molecule has 0 bridgehead atoms. The van der Waals surface area contributed by atoms with E-state index in [0.717, 1.165) is 0 Å². The molecule has 0 saturated heterocycles. The molecule has 104 valence electrons. The molecular weight excluding hydrogens is 268 g/mol. The van der Waals surface area contributed by atoms with Crippen molar-refractivity contribution in [1.82, 2.24) is 15.4 Å². The zero-order valence-electron chi connectivity index (χ0n) is 11.0. The van der Waals surface area contributed by atoms with Crippen LogP contribution in [-0.4, -0.2) is 15.9 Å².